The molecular weight excluding hydrogens is 358 g/mol. The zero-order valence-corrected chi connectivity index (χ0v) is 15.9. The Bertz CT molecular complexity index is 916. The number of amides is 1. The van der Waals surface area contributed by atoms with E-state index in [9.17, 15) is 4.79 Å². The van der Waals surface area contributed by atoms with E-state index in [2.05, 4.69) is 0 Å². The van der Waals surface area contributed by atoms with E-state index >= 15 is 0 Å². The number of carbonyl (C=O) groups excluding carboxylic acids is 1. The van der Waals surface area contributed by atoms with Gasteiger partial charge in [-0.3, -0.25) is 4.79 Å². The summed E-state index contributed by atoms with van der Waals surface area (Å²) in [5.74, 6) is 2.10. The van der Waals surface area contributed by atoms with E-state index in [0.717, 1.165) is 30.0 Å². The number of anilines is 1. The van der Waals surface area contributed by atoms with Crippen LogP contribution in [-0.4, -0.2) is 46.0 Å². The van der Waals surface area contributed by atoms with Gasteiger partial charge in [0.1, 0.15) is 31.0 Å². The third kappa shape index (κ3) is 2.48. The second-order valence-corrected chi connectivity index (χ2v) is 7.39. The SMILES string of the molecule is C1CCOC1.CN1C(=O)C2(COc3cc4c(cc32)OCCO4)c2ccccc21. The summed E-state index contributed by atoms with van der Waals surface area (Å²) in [7, 11) is 1.81. The van der Waals surface area contributed by atoms with E-state index in [4.69, 9.17) is 18.9 Å². The van der Waals surface area contributed by atoms with Crippen LogP contribution in [0.3, 0.4) is 0 Å². The lowest BCUT2D eigenvalue weighted by Gasteiger charge is -2.23. The number of rotatable bonds is 0. The topological polar surface area (TPSA) is 57.2 Å². The van der Waals surface area contributed by atoms with Gasteiger partial charge in [0.2, 0.25) is 5.91 Å². The Hall–Kier alpha value is -2.73. The molecule has 28 heavy (non-hydrogen) atoms. The first kappa shape index (κ1) is 17.4. The van der Waals surface area contributed by atoms with Crippen LogP contribution in [0.25, 0.3) is 0 Å². The number of carbonyl (C=O) groups is 1. The van der Waals surface area contributed by atoms with Crippen LogP contribution >= 0.6 is 0 Å². The molecule has 6 nitrogen and oxygen atoms in total. The fourth-order valence-corrected chi connectivity index (χ4v) is 4.33. The van der Waals surface area contributed by atoms with Crippen molar-refractivity contribution in [3.8, 4) is 17.2 Å². The van der Waals surface area contributed by atoms with E-state index in [1.54, 1.807) is 4.90 Å². The third-order valence-electron chi connectivity index (χ3n) is 5.77. The minimum Gasteiger partial charge on any atom is -0.491 e. The molecule has 1 spiro atoms. The second-order valence-electron chi connectivity index (χ2n) is 7.39. The summed E-state index contributed by atoms with van der Waals surface area (Å²) in [6.07, 6.45) is 2.56. The molecule has 1 atom stereocenters. The van der Waals surface area contributed by atoms with Crippen molar-refractivity contribution in [3.05, 3.63) is 47.5 Å². The molecule has 0 aliphatic carbocycles. The molecule has 6 heteroatoms. The number of nitrogens with zero attached hydrogens (tertiary/aromatic N) is 1. The minimum absolute atomic E-state index is 0.0362. The highest BCUT2D eigenvalue weighted by molar-refractivity contribution is 6.11. The Morgan fingerprint density at radius 3 is 2.29 bits per heavy atom. The summed E-state index contributed by atoms with van der Waals surface area (Å²) >= 11 is 0. The van der Waals surface area contributed by atoms with Gasteiger partial charge in [0.05, 0.1) is 0 Å². The average molecular weight is 381 g/mol. The first-order valence-electron chi connectivity index (χ1n) is 9.74. The molecule has 1 unspecified atom stereocenters. The Labute approximate surface area is 163 Å². The number of benzene rings is 2. The molecule has 0 bridgehead atoms. The molecule has 0 aromatic heterocycles. The van der Waals surface area contributed by atoms with E-state index in [0.29, 0.717) is 37.1 Å². The monoisotopic (exact) mass is 381 g/mol. The maximum Gasteiger partial charge on any atom is 0.245 e. The van der Waals surface area contributed by atoms with Crippen LogP contribution in [0.5, 0.6) is 17.2 Å². The van der Waals surface area contributed by atoms with Crippen molar-refractivity contribution in [1.29, 1.82) is 0 Å². The molecule has 1 amide bonds. The van der Waals surface area contributed by atoms with Crippen LogP contribution < -0.4 is 19.1 Å². The zero-order valence-electron chi connectivity index (χ0n) is 15.9. The first-order chi connectivity index (χ1) is 13.7. The van der Waals surface area contributed by atoms with E-state index in [-0.39, 0.29) is 5.91 Å². The Kier molecular flexibility index (Phi) is 4.16. The summed E-state index contributed by atoms with van der Waals surface area (Å²) in [5, 5.41) is 0. The van der Waals surface area contributed by atoms with Crippen molar-refractivity contribution in [2.75, 3.05) is 45.0 Å². The first-order valence-corrected chi connectivity index (χ1v) is 9.74. The number of likely N-dealkylation sites (N-methyl/N-ethyl adjacent to an activating group) is 1. The molecule has 1 saturated heterocycles. The molecule has 0 saturated carbocycles. The van der Waals surface area contributed by atoms with Crippen LogP contribution in [-0.2, 0) is 14.9 Å². The fraction of sp³-hybridized carbons (Fsp3) is 0.409. The van der Waals surface area contributed by atoms with Crippen LogP contribution in [0.15, 0.2) is 36.4 Å². The predicted octanol–water partition coefficient (Wildman–Crippen LogP) is 2.91. The highest BCUT2D eigenvalue weighted by atomic mass is 16.6. The summed E-state index contributed by atoms with van der Waals surface area (Å²) in [4.78, 5) is 14.8. The van der Waals surface area contributed by atoms with Crippen molar-refractivity contribution >= 4 is 11.6 Å². The number of hydrogen-bond acceptors (Lipinski definition) is 5. The highest BCUT2D eigenvalue weighted by Crippen LogP contribution is 2.54. The zero-order chi connectivity index (χ0) is 19.1. The van der Waals surface area contributed by atoms with Gasteiger partial charge in [-0.25, -0.2) is 0 Å². The van der Waals surface area contributed by atoms with Gasteiger partial charge in [-0.2, -0.15) is 0 Å². The molecule has 4 heterocycles. The van der Waals surface area contributed by atoms with Gasteiger partial charge in [0.15, 0.2) is 11.5 Å². The average Bonchev–Trinajstić information content (AvgIpc) is 3.47. The lowest BCUT2D eigenvalue weighted by molar-refractivity contribution is -0.121. The van der Waals surface area contributed by atoms with Crippen molar-refractivity contribution < 1.29 is 23.7 Å². The largest absolute Gasteiger partial charge is 0.491 e. The van der Waals surface area contributed by atoms with Gasteiger partial charge < -0.3 is 23.8 Å². The molecule has 146 valence electrons. The number of para-hydroxylation sites is 1. The lowest BCUT2D eigenvalue weighted by atomic mass is 9.77. The van der Waals surface area contributed by atoms with Crippen LogP contribution in [0.2, 0.25) is 0 Å². The second kappa shape index (κ2) is 6.71. The van der Waals surface area contributed by atoms with Crippen LogP contribution in [0, 0.1) is 0 Å². The van der Waals surface area contributed by atoms with Gasteiger partial charge in [-0.05, 0) is 30.5 Å². The molecule has 0 N–H and O–H groups in total. The smallest absolute Gasteiger partial charge is 0.245 e. The molecule has 4 aliphatic rings. The third-order valence-corrected chi connectivity index (χ3v) is 5.77. The normalized spacial score (nSPS) is 23.8. The summed E-state index contributed by atoms with van der Waals surface area (Å²) in [5.41, 5.74) is 2.01. The quantitative estimate of drug-likeness (QED) is 0.702. The number of hydrogen-bond donors (Lipinski definition) is 0. The summed E-state index contributed by atoms with van der Waals surface area (Å²) in [6, 6.07) is 11.6. The summed E-state index contributed by atoms with van der Waals surface area (Å²) in [6.45, 7) is 3.36. The number of fused-ring (bicyclic) bond motifs is 5. The maximum absolute atomic E-state index is 13.1. The van der Waals surface area contributed by atoms with Gasteiger partial charge in [-0.15, -0.1) is 0 Å². The van der Waals surface area contributed by atoms with Gasteiger partial charge >= 0.3 is 0 Å². The van der Waals surface area contributed by atoms with Gasteiger partial charge in [0, 0.05) is 37.6 Å². The summed E-state index contributed by atoms with van der Waals surface area (Å²) < 4.78 is 22.2. The van der Waals surface area contributed by atoms with E-state index in [1.807, 2.05) is 43.4 Å². The van der Waals surface area contributed by atoms with Crippen molar-refractivity contribution in [2.45, 2.75) is 18.3 Å². The molecular formula is C22H23NO5. The van der Waals surface area contributed by atoms with Crippen molar-refractivity contribution in [2.24, 2.45) is 0 Å². The molecule has 4 aliphatic heterocycles. The molecule has 2 aromatic rings. The van der Waals surface area contributed by atoms with Gasteiger partial charge in [0.25, 0.3) is 0 Å². The lowest BCUT2D eigenvalue weighted by Crippen LogP contribution is -2.41. The van der Waals surface area contributed by atoms with Crippen molar-refractivity contribution in [3.63, 3.8) is 0 Å². The highest BCUT2D eigenvalue weighted by Gasteiger charge is 2.56. The Morgan fingerprint density at radius 1 is 0.857 bits per heavy atom. The molecule has 2 aromatic carbocycles. The Balaban J connectivity index is 0.000000300. The van der Waals surface area contributed by atoms with Crippen LogP contribution in [0.1, 0.15) is 24.0 Å². The van der Waals surface area contributed by atoms with Gasteiger partial charge in [-0.1, -0.05) is 18.2 Å². The Morgan fingerprint density at radius 2 is 1.57 bits per heavy atom. The minimum atomic E-state index is -0.781. The van der Waals surface area contributed by atoms with Crippen LogP contribution in [0.4, 0.5) is 5.69 Å². The molecule has 1 fully saturated rings. The molecule has 6 rings (SSSR count). The fourth-order valence-electron chi connectivity index (χ4n) is 4.33. The predicted molar refractivity (Wildman–Crippen MR) is 104 cm³/mol. The number of ether oxygens (including phenoxy) is 4. The van der Waals surface area contributed by atoms with Crippen molar-refractivity contribution in [1.82, 2.24) is 0 Å². The van der Waals surface area contributed by atoms with E-state index in [1.165, 1.54) is 12.8 Å². The molecule has 0 radical (unpaired) electrons. The standard InChI is InChI=1S/C18H15NO4.C4H8O/c1-19-13-5-3-2-4-11(13)18(17(19)20)10-23-14-9-16-15(8-12(14)18)21-6-7-22-16;1-2-4-5-3-1/h2-5,8-9H,6-7,10H2,1H3;1-4H2. The maximum atomic E-state index is 13.1. The van der Waals surface area contributed by atoms with E-state index < -0.39 is 5.41 Å².